The number of halogens is 1. The number of thiazole rings is 1. The van der Waals surface area contributed by atoms with Crippen molar-refractivity contribution in [2.45, 2.75) is 0 Å². The van der Waals surface area contributed by atoms with Crippen LogP contribution in [0, 0.1) is 0 Å². The standard InChI is InChI=1S/C29H19ClN4O2S/c1-18(24-16-9-17-36-24)31-29-33-25(19-10-3-2-4-11-19)26(37-29)27-32-22-14-7-5-12-20(22)28(35)34(27)23-15-8-6-13-21(23)30/h2-17H,1H2,(H,31,33). The van der Waals surface area contributed by atoms with E-state index in [1.165, 1.54) is 11.3 Å². The number of nitrogens with one attached hydrogen (secondary N) is 1. The molecule has 0 saturated heterocycles. The minimum atomic E-state index is -0.212. The highest BCUT2D eigenvalue weighted by Gasteiger charge is 2.23. The van der Waals surface area contributed by atoms with Gasteiger partial charge in [0.25, 0.3) is 5.56 Å². The van der Waals surface area contributed by atoms with Crippen LogP contribution in [-0.2, 0) is 0 Å². The maximum atomic E-state index is 13.9. The van der Waals surface area contributed by atoms with Crippen molar-refractivity contribution in [3.8, 4) is 27.6 Å². The second kappa shape index (κ2) is 9.54. The van der Waals surface area contributed by atoms with Gasteiger partial charge in [0, 0.05) is 5.56 Å². The maximum Gasteiger partial charge on any atom is 0.266 e. The number of benzene rings is 3. The Morgan fingerprint density at radius 3 is 2.46 bits per heavy atom. The van der Waals surface area contributed by atoms with Gasteiger partial charge in [-0.1, -0.05) is 84.1 Å². The van der Waals surface area contributed by atoms with Crippen LogP contribution in [0.3, 0.4) is 0 Å². The number of aromatic nitrogens is 3. The zero-order valence-electron chi connectivity index (χ0n) is 19.4. The molecule has 0 radical (unpaired) electrons. The Bertz CT molecular complexity index is 1810. The Balaban J connectivity index is 1.62. The quantitative estimate of drug-likeness (QED) is 0.245. The first-order chi connectivity index (χ1) is 18.1. The Kier molecular flexibility index (Phi) is 5.92. The zero-order chi connectivity index (χ0) is 25.4. The normalized spacial score (nSPS) is 11.1. The Labute approximate surface area is 221 Å². The average Bonchev–Trinajstić information content (AvgIpc) is 3.61. The summed E-state index contributed by atoms with van der Waals surface area (Å²) < 4.78 is 7.04. The highest BCUT2D eigenvalue weighted by Crippen LogP contribution is 2.40. The fourth-order valence-electron chi connectivity index (χ4n) is 4.10. The van der Waals surface area contributed by atoms with Crippen molar-refractivity contribution >= 4 is 44.7 Å². The van der Waals surface area contributed by atoms with Crippen LogP contribution < -0.4 is 10.9 Å². The summed E-state index contributed by atoms with van der Waals surface area (Å²) in [5, 5.41) is 4.78. The van der Waals surface area contributed by atoms with Crippen molar-refractivity contribution in [2.24, 2.45) is 0 Å². The van der Waals surface area contributed by atoms with E-state index >= 15 is 0 Å². The van der Waals surface area contributed by atoms with Gasteiger partial charge >= 0.3 is 0 Å². The van der Waals surface area contributed by atoms with E-state index in [1.54, 1.807) is 29.0 Å². The highest BCUT2D eigenvalue weighted by atomic mass is 35.5. The van der Waals surface area contributed by atoms with Gasteiger partial charge in [0.2, 0.25) is 0 Å². The van der Waals surface area contributed by atoms with Gasteiger partial charge in [-0.3, -0.25) is 9.36 Å². The molecule has 37 heavy (non-hydrogen) atoms. The molecule has 180 valence electrons. The van der Waals surface area contributed by atoms with E-state index in [0.717, 1.165) is 5.56 Å². The predicted molar refractivity (Wildman–Crippen MR) is 150 cm³/mol. The molecule has 3 aromatic heterocycles. The minimum Gasteiger partial charge on any atom is -0.463 e. The minimum absolute atomic E-state index is 0.212. The lowest BCUT2D eigenvalue weighted by atomic mass is 10.1. The van der Waals surface area contributed by atoms with Gasteiger partial charge < -0.3 is 9.73 Å². The third-order valence-electron chi connectivity index (χ3n) is 5.82. The van der Waals surface area contributed by atoms with Crippen molar-refractivity contribution in [2.75, 3.05) is 5.32 Å². The second-order valence-corrected chi connectivity index (χ2v) is 9.59. The molecule has 0 spiro atoms. The van der Waals surface area contributed by atoms with Crippen molar-refractivity contribution in [3.05, 3.63) is 125 Å². The molecule has 0 unspecified atom stereocenters. The number of hydrogen-bond donors (Lipinski definition) is 1. The number of rotatable bonds is 6. The monoisotopic (exact) mass is 522 g/mol. The summed E-state index contributed by atoms with van der Waals surface area (Å²) >= 11 is 7.97. The predicted octanol–water partition coefficient (Wildman–Crippen LogP) is 7.51. The molecule has 0 saturated carbocycles. The van der Waals surface area contributed by atoms with E-state index in [1.807, 2.05) is 72.8 Å². The van der Waals surface area contributed by atoms with Crippen LogP contribution in [0.4, 0.5) is 5.13 Å². The van der Waals surface area contributed by atoms with Gasteiger partial charge in [-0.15, -0.1) is 0 Å². The van der Waals surface area contributed by atoms with Gasteiger partial charge in [0.15, 0.2) is 11.0 Å². The second-order valence-electron chi connectivity index (χ2n) is 8.19. The first-order valence-electron chi connectivity index (χ1n) is 11.4. The first-order valence-corrected chi connectivity index (χ1v) is 12.6. The number of anilines is 1. The maximum absolute atomic E-state index is 13.9. The molecule has 0 aliphatic carbocycles. The van der Waals surface area contributed by atoms with Gasteiger partial charge in [-0.05, 0) is 36.4 Å². The number of furan rings is 1. The van der Waals surface area contributed by atoms with Crippen molar-refractivity contribution in [3.63, 3.8) is 0 Å². The molecule has 0 atom stereocenters. The average molecular weight is 523 g/mol. The van der Waals surface area contributed by atoms with Crippen LogP contribution in [-0.4, -0.2) is 14.5 Å². The van der Waals surface area contributed by atoms with E-state index < -0.39 is 0 Å². The number of fused-ring (bicyclic) bond motifs is 1. The fraction of sp³-hybridized carbons (Fsp3) is 0. The zero-order valence-corrected chi connectivity index (χ0v) is 21.0. The lowest BCUT2D eigenvalue weighted by Crippen LogP contribution is -2.22. The summed E-state index contributed by atoms with van der Waals surface area (Å²) in [6.07, 6.45) is 1.59. The van der Waals surface area contributed by atoms with Crippen LogP contribution >= 0.6 is 22.9 Å². The third-order valence-corrected chi connectivity index (χ3v) is 7.11. The van der Waals surface area contributed by atoms with E-state index in [2.05, 4.69) is 11.9 Å². The third kappa shape index (κ3) is 4.24. The molecule has 6 nitrogen and oxygen atoms in total. The molecule has 3 heterocycles. The molecule has 6 rings (SSSR count). The lowest BCUT2D eigenvalue weighted by Gasteiger charge is -2.14. The molecule has 0 aliphatic heterocycles. The molecule has 0 bridgehead atoms. The van der Waals surface area contributed by atoms with Gasteiger partial charge in [0.05, 0.1) is 39.3 Å². The SMILES string of the molecule is C=C(Nc1nc(-c2ccccc2)c(-c2nc3ccccc3c(=O)n2-c2ccccc2Cl)s1)c1ccco1. The van der Waals surface area contributed by atoms with Gasteiger partial charge in [0.1, 0.15) is 10.6 Å². The molecule has 1 N–H and O–H groups in total. The lowest BCUT2D eigenvalue weighted by molar-refractivity contribution is 0.553. The van der Waals surface area contributed by atoms with Crippen LogP contribution in [0.2, 0.25) is 5.02 Å². The van der Waals surface area contributed by atoms with E-state index in [4.69, 9.17) is 26.0 Å². The molecule has 6 aromatic rings. The molecule has 0 fully saturated rings. The van der Waals surface area contributed by atoms with E-state index in [0.29, 0.717) is 54.6 Å². The van der Waals surface area contributed by atoms with Crippen LogP contribution in [0.1, 0.15) is 5.76 Å². The van der Waals surface area contributed by atoms with Crippen LogP contribution in [0.15, 0.2) is 113 Å². The summed E-state index contributed by atoms with van der Waals surface area (Å²) in [6.45, 7) is 4.08. The van der Waals surface area contributed by atoms with Gasteiger partial charge in [-0.2, -0.15) is 0 Å². The smallest absolute Gasteiger partial charge is 0.266 e. The molecular weight excluding hydrogens is 504 g/mol. The van der Waals surface area contributed by atoms with Crippen molar-refractivity contribution < 1.29 is 4.42 Å². The number of nitrogens with zero attached hydrogens (tertiary/aromatic N) is 3. The molecule has 0 aliphatic rings. The van der Waals surface area contributed by atoms with E-state index in [9.17, 15) is 4.79 Å². The van der Waals surface area contributed by atoms with Crippen LogP contribution in [0.5, 0.6) is 0 Å². The molecule has 3 aromatic carbocycles. The number of para-hydroxylation sites is 2. The topological polar surface area (TPSA) is 73.0 Å². The van der Waals surface area contributed by atoms with E-state index in [-0.39, 0.29) is 5.56 Å². The molecule has 0 amide bonds. The van der Waals surface area contributed by atoms with Crippen LogP contribution in [0.25, 0.3) is 44.2 Å². The highest BCUT2D eigenvalue weighted by molar-refractivity contribution is 7.19. The number of hydrogen-bond acceptors (Lipinski definition) is 6. The Hall–Kier alpha value is -4.46. The summed E-state index contributed by atoms with van der Waals surface area (Å²) in [7, 11) is 0. The summed E-state index contributed by atoms with van der Waals surface area (Å²) in [6, 6.07) is 27.9. The summed E-state index contributed by atoms with van der Waals surface area (Å²) in [5.41, 5.74) is 3.06. The fourth-order valence-corrected chi connectivity index (χ4v) is 5.31. The molecular formula is C29H19ClN4O2S. The van der Waals surface area contributed by atoms with Gasteiger partial charge in [-0.25, -0.2) is 9.97 Å². The molecule has 8 heteroatoms. The largest absolute Gasteiger partial charge is 0.463 e. The Morgan fingerprint density at radius 2 is 1.68 bits per heavy atom. The van der Waals surface area contributed by atoms with Crippen molar-refractivity contribution in [1.29, 1.82) is 0 Å². The Morgan fingerprint density at radius 1 is 0.919 bits per heavy atom. The first kappa shape index (κ1) is 23.0. The van der Waals surface area contributed by atoms with Crippen molar-refractivity contribution in [1.82, 2.24) is 14.5 Å². The summed E-state index contributed by atoms with van der Waals surface area (Å²) in [5.74, 6) is 1.06. The summed E-state index contributed by atoms with van der Waals surface area (Å²) in [4.78, 5) is 24.4.